The van der Waals surface area contributed by atoms with E-state index >= 15 is 0 Å². The van der Waals surface area contributed by atoms with Crippen molar-refractivity contribution in [1.82, 2.24) is 15.1 Å². The maximum absolute atomic E-state index is 12.2. The van der Waals surface area contributed by atoms with Crippen LogP contribution >= 0.6 is 0 Å². The van der Waals surface area contributed by atoms with Crippen LogP contribution in [0.25, 0.3) is 5.69 Å². The van der Waals surface area contributed by atoms with Crippen LogP contribution in [-0.2, 0) is 13.0 Å². The molecule has 5 nitrogen and oxygen atoms in total. The molecule has 22 heavy (non-hydrogen) atoms. The molecule has 0 fully saturated rings. The number of hydrogen-bond donors (Lipinski definition) is 2. The Morgan fingerprint density at radius 2 is 2.05 bits per heavy atom. The summed E-state index contributed by atoms with van der Waals surface area (Å²) in [6.45, 7) is 6.62. The summed E-state index contributed by atoms with van der Waals surface area (Å²) < 4.78 is 1.37. The first-order chi connectivity index (χ1) is 10.6. The van der Waals surface area contributed by atoms with Gasteiger partial charge in [-0.2, -0.15) is 9.78 Å². The summed E-state index contributed by atoms with van der Waals surface area (Å²) in [4.78, 5) is 12.2. The van der Waals surface area contributed by atoms with E-state index in [4.69, 9.17) is 0 Å². The van der Waals surface area contributed by atoms with E-state index in [1.54, 1.807) is 0 Å². The summed E-state index contributed by atoms with van der Waals surface area (Å²) in [5, 5.41) is 17.6. The predicted molar refractivity (Wildman–Crippen MR) is 87.5 cm³/mol. The molecule has 0 amide bonds. The minimum atomic E-state index is -0.328. The van der Waals surface area contributed by atoms with Crippen LogP contribution in [0.15, 0.2) is 35.1 Å². The van der Waals surface area contributed by atoms with Crippen LogP contribution < -0.4 is 10.9 Å². The average Bonchev–Trinajstić information content (AvgIpc) is 2.53. The zero-order valence-corrected chi connectivity index (χ0v) is 13.3. The number of benzene rings is 1. The van der Waals surface area contributed by atoms with Crippen LogP contribution in [-0.4, -0.2) is 20.9 Å². The van der Waals surface area contributed by atoms with Gasteiger partial charge in [0, 0.05) is 18.7 Å². The van der Waals surface area contributed by atoms with Gasteiger partial charge in [0.15, 0.2) is 0 Å². The molecule has 0 aliphatic heterocycles. The molecule has 0 saturated heterocycles. The number of aromatic nitrogens is 2. The van der Waals surface area contributed by atoms with E-state index in [-0.39, 0.29) is 11.3 Å². The summed E-state index contributed by atoms with van der Waals surface area (Å²) >= 11 is 0. The first-order valence-corrected chi connectivity index (χ1v) is 7.70. The molecule has 2 aromatic rings. The van der Waals surface area contributed by atoms with Crippen molar-refractivity contribution < 1.29 is 5.11 Å². The standard InChI is InChI=1S/C17H23N3O2/c1-4-12(3)18-11-14-16(21)10-17(22)20(19-14)15-9-7-6-8-13(15)5-2/h6-10,12,18,21H,4-5,11H2,1-3H3. The Morgan fingerprint density at radius 3 is 2.73 bits per heavy atom. The molecule has 1 atom stereocenters. The highest BCUT2D eigenvalue weighted by Crippen LogP contribution is 2.16. The largest absolute Gasteiger partial charge is 0.506 e. The van der Waals surface area contributed by atoms with Crippen LogP contribution in [0.3, 0.4) is 0 Å². The molecule has 0 aliphatic rings. The lowest BCUT2D eigenvalue weighted by Gasteiger charge is -2.14. The third kappa shape index (κ3) is 3.54. The molecule has 1 aromatic carbocycles. The monoisotopic (exact) mass is 301 g/mol. The number of aryl methyl sites for hydroxylation is 1. The highest BCUT2D eigenvalue weighted by Gasteiger charge is 2.12. The molecule has 1 heterocycles. The maximum atomic E-state index is 12.2. The highest BCUT2D eigenvalue weighted by molar-refractivity contribution is 5.41. The summed E-state index contributed by atoms with van der Waals surface area (Å²) in [7, 11) is 0. The third-order valence-corrected chi connectivity index (χ3v) is 3.82. The van der Waals surface area contributed by atoms with E-state index in [0.717, 1.165) is 24.1 Å². The van der Waals surface area contributed by atoms with Crippen molar-refractivity contribution in [2.45, 2.75) is 46.2 Å². The SMILES string of the molecule is CCc1ccccc1-n1nc(CNC(C)CC)c(O)cc1=O. The lowest BCUT2D eigenvalue weighted by Crippen LogP contribution is -2.28. The minimum absolute atomic E-state index is 0.0639. The number of aromatic hydroxyl groups is 1. The van der Waals surface area contributed by atoms with Gasteiger partial charge in [-0.3, -0.25) is 4.79 Å². The van der Waals surface area contributed by atoms with E-state index in [2.05, 4.69) is 24.3 Å². The summed E-state index contributed by atoms with van der Waals surface area (Å²) in [5.74, 6) is -0.0639. The lowest BCUT2D eigenvalue weighted by molar-refractivity contribution is 0.443. The molecule has 118 valence electrons. The van der Waals surface area contributed by atoms with Gasteiger partial charge in [-0.15, -0.1) is 0 Å². The van der Waals surface area contributed by atoms with Crippen molar-refractivity contribution in [1.29, 1.82) is 0 Å². The van der Waals surface area contributed by atoms with Gasteiger partial charge in [-0.25, -0.2) is 0 Å². The number of rotatable bonds is 6. The lowest BCUT2D eigenvalue weighted by atomic mass is 10.1. The zero-order valence-electron chi connectivity index (χ0n) is 13.3. The first kappa shape index (κ1) is 16.2. The fourth-order valence-corrected chi connectivity index (χ4v) is 2.21. The van der Waals surface area contributed by atoms with Crippen molar-refractivity contribution >= 4 is 0 Å². The second-order valence-electron chi connectivity index (χ2n) is 5.40. The van der Waals surface area contributed by atoms with E-state index in [1.165, 1.54) is 10.7 Å². The van der Waals surface area contributed by atoms with E-state index < -0.39 is 0 Å². The Hall–Kier alpha value is -2.14. The molecule has 5 heteroatoms. The maximum Gasteiger partial charge on any atom is 0.275 e. The fourth-order valence-electron chi connectivity index (χ4n) is 2.21. The van der Waals surface area contributed by atoms with Crippen LogP contribution in [0.4, 0.5) is 0 Å². The van der Waals surface area contributed by atoms with E-state index in [1.807, 2.05) is 31.2 Å². The Morgan fingerprint density at radius 1 is 1.32 bits per heavy atom. The Kier molecular flexibility index (Phi) is 5.33. The molecule has 2 N–H and O–H groups in total. The summed E-state index contributed by atoms with van der Waals surface area (Å²) in [6, 6.07) is 9.23. The molecule has 1 unspecified atom stereocenters. The minimum Gasteiger partial charge on any atom is -0.506 e. The number of nitrogens with one attached hydrogen (secondary N) is 1. The van der Waals surface area contributed by atoms with Crippen molar-refractivity contribution in [3.8, 4) is 11.4 Å². The molecular weight excluding hydrogens is 278 g/mol. The molecule has 2 rings (SSSR count). The van der Waals surface area contributed by atoms with Gasteiger partial charge in [0.1, 0.15) is 11.4 Å². The van der Waals surface area contributed by atoms with Gasteiger partial charge in [0.05, 0.1) is 5.69 Å². The fraction of sp³-hybridized carbons (Fsp3) is 0.412. The van der Waals surface area contributed by atoms with E-state index in [0.29, 0.717) is 18.3 Å². The number of nitrogens with zero attached hydrogens (tertiary/aromatic N) is 2. The van der Waals surface area contributed by atoms with E-state index in [9.17, 15) is 9.90 Å². The molecule has 0 spiro atoms. The second kappa shape index (κ2) is 7.22. The predicted octanol–water partition coefficient (Wildman–Crippen LogP) is 2.39. The molecule has 0 radical (unpaired) electrons. The Labute approximate surface area is 130 Å². The Bertz CT molecular complexity index is 695. The number of hydrogen-bond acceptors (Lipinski definition) is 4. The van der Waals surface area contributed by atoms with Crippen LogP contribution in [0, 0.1) is 0 Å². The zero-order chi connectivity index (χ0) is 16.1. The molecule has 0 saturated carbocycles. The van der Waals surface area contributed by atoms with Crippen LogP contribution in [0.5, 0.6) is 5.75 Å². The second-order valence-corrected chi connectivity index (χ2v) is 5.40. The average molecular weight is 301 g/mol. The van der Waals surface area contributed by atoms with Crippen LogP contribution in [0.1, 0.15) is 38.4 Å². The first-order valence-electron chi connectivity index (χ1n) is 7.70. The van der Waals surface area contributed by atoms with Gasteiger partial charge in [-0.05, 0) is 31.4 Å². The molecule has 1 aromatic heterocycles. The van der Waals surface area contributed by atoms with Gasteiger partial charge in [0.25, 0.3) is 5.56 Å². The van der Waals surface area contributed by atoms with Crippen molar-refractivity contribution in [2.24, 2.45) is 0 Å². The van der Waals surface area contributed by atoms with Crippen molar-refractivity contribution in [3.05, 3.63) is 51.9 Å². The molecule has 0 aliphatic carbocycles. The smallest absolute Gasteiger partial charge is 0.275 e. The van der Waals surface area contributed by atoms with Gasteiger partial charge in [-0.1, -0.05) is 32.0 Å². The van der Waals surface area contributed by atoms with Gasteiger partial charge >= 0.3 is 0 Å². The quantitative estimate of drug-likeness (QED) is 0.859. The highest BCUT2D eigenvalue weighted by atomic mass is 16.3. The third-order valence-electron chi connectivity index (χ3n) is 3.82. The topological polar surface area (TPSA) is 67.2 Å². The number of para-hydroxylation sites is 1. The molecular formula is C17H23N3O2. The van der Waals surface area contributed by atoms with Crippen molar-refractivity contribution in [3.63, 3.8) is 0 Å². The van der Waals surface area contributed by atoms with Crippen molar-refractivity contribution in [2.75, 3.05) is 0 Å². The summed E-state index contributed by atoms with van der Waals surface area (Å²) in [6.07, 6.45) is 1.80. The Balaban J connectivity index is 2.42. The summed E-state index contributed by atoms with van der Waals surface area (Å²) in [5.41, 5.74) is 1.96. The molecule has 0 bridgehead atoms. The van der Waals surface area contributed by atoms with Gasteiger partial charge < -0.3 is 10.4 Å². The van der Waals surface area contributed by atoms with Crippen LogP contribution in [0.2, 0.25) is 0 Å². The van der Waals surface area contributed by atoms with Gasteiger partial charge in [0.2, 0.25) is 0 Å². The normalized spacial score (nSPS) is 12.3.